The first kappa shape index (κ1) is 7.30. The van der Waals surface area contributed by atoms with Gasteiger partial charge in [0.25, 0.3) is 0 Å². The molecule has 0 bridgehead atoms. The molecule has 0 radical (unpaired) electrons. The first-order chi connectivity index (χ1) is 5.95. The molecule has 3 aliphatic rings. The van der Waals surface area contributed by atoms with E-state index in [4.69, 9.17) is 9.57 Å². The summed E-state index contributed by atoms with van der Waals surface area (Å²) in [6.45, 7) is 2.88. The van der Waals surface area contributed by atoms with Gasteiger partial charge < -0.3 is 4.74 Å². The lowest BCUT2D eigenvalue weighted by molar-refractivity contribution is -0.179. The first-order valence-electron chi connectivity index (χ1n) is 4.96. The van der Waals surface area contributed by atoms with Crippen molar-refractivity contribution in [1.82, 2.24) is 5.06 Å². The van der Waals surface area contributed by atoms with Gasteiger partial charge in [0.05, 0.1) is 13.2 Å². The summed E-state index contributed by atoms with van der Waals surface area (Å²) < 4.78 is 5.41. The minimum atomic E-state index is 0.382. The van der Waals surface area contributed by atoms with Crippen molar-refractivity contribution in [2.75, 3.05) is 19.8 Å². The summed E-state index contributed by atoms with van der Waals surface area (Å²) in [7, 11) is 0. The fourth-order valence-electron chi connectivity index (χ4n) is 2.68. The van der Waals surface area contributed by atoms with E-state index in [-0.39, 0.29) is 0 Å². The van der Waals surface area contributed by atoms with Crippen molar-refractivity contribution in [1.29, 1.82) is 0 Å². The Hall–Kier alpha value is -0.120. The van der Waals surface area contributed by atoms with Crippen LogP contribution in [0.5, 0.6) is 0 Å². The average molecular weight is 169 g/mol. The number of nitrogens with zero attached hydrogens (tertiary/aromatic N) is 1. The Kier molecular flexibility index (Phi) is 1.63. The summed E-state index contributed by atoms with van der Waals surface area (Å²) in [6.07, 6.45) is 4.36. The first-order valence-corrected chi connectivity index (χ1v) is 4.96. The van der Waals surface area contributed by atoms with Crippen LogP contribution < -0.4 is 0 Å². The van der Waals surface area contributed by atoms with Crippen molar-refractivity contribution in [3.63, 3.8) is 0 Å². The molecule has 3 rings (SSSR count). The second-order valence-corrected chi connectivity index (χ2v) is 4.05. The summed E-state index contributed by atoms with van der Waals surface area (Å²) in [6, 6.07) is 0.672. The molecule has 0 aromatic carbocycles. The van der Waals surface area contributed by atoms with Gasteiger partial charge in [0.2, 0.25) is 0 Å². The molecule has 12 heavy (non-hydrogen) atoms. The van der Waals surface area contributed by atoms with Gasteiger partial charge in [0.15, 0.2) is 0 Å². The fourth-order valence-corrected chi connectivity index (χ4v) is 2.68. The second-order valence-electron chi connectivity index (χ2n) is 4.05. The number of hydrogen-bond acceptors (Lipinski definition) is 3. The molecule has 0 saturated carbocycles. The Morgan fingerprint density at radius 2 is 2.17 bits per heavy atom. The minimum absolute atomic E-state index is 0.382. The largest absolute Gasteiger partial charge is 0.378 e. The molecule has 3 nitrogen and oxygen atoms in total. The molecule has 0 amide bonds. The smallest absolute Gasteiger partial charge is 0.109 e. The van der Waals surface area contributed by atoms with Gasteiger partial charge in [-0.25, -0.2) is 0 Å². The van der Waals surface area contributed by atoms with Crippen LogP contribution in [-0.2, 0) is 9.57 Å². The highest BCUT2D eigenvalue weighted by Gasteiger charge is 2.47. The molecule has 3 saturated heterocycles. The highest BCUT2D eigenvalue weighted by molar-refractivity contribution is 4.92. The van der Waals surface area contributed by atoms with Crippen LogP contribution in [-0.4, -0.2) is 37.0 Å². The molecule has 68 valence electrons. The van der Waals surface area contributed by atoms with E-state index in [1.165, 1.54) is 19.3 Å². The molecule has 3 atom stereocenters. The van der Waals surface area contributed by atoms with E-state index in [2.05, 4.69) is 5.06 Å². The Morgan fingerprint density at radius 1 is 1.17 bits per heavy atom. The molecule has 3 heterocycles. The zero-order valence-electron chi connectivity index (χ0n) is 7.24. The van der Waals surface area contributed by atoms with Crippen LogP contribution in [0.1, 0.15) is 19.3 Å². The van der Waals surface area contributed by atoms with Crippen LogP contribution in [0.15, 0.2) is 0 Å². The van der Waals surface area contributed by atoms with Crippen molar-refractivity contribution in [3.8, 4) is 0 Å². The molecule has 0 N–H and O–H groups in total. The van der Waals surface area contributed by atoms with Gasteiger partial charge >= 0.3 is 0 Å². The highest BCUT2D eigenvalue weighted by Crippen LogP contribution is 2.37. The number of rotatable bonds is 0. The van der Waals surface area contributed by atoms with Crippen LogP contribution in [0.25, 0.3) is 0 Å². The second kappa shape index (κ2) is 2.69. The van der Waals surface area contributed by atoms with Gasteiger partial charge in [-0.15, -0.1) is 0 Å². The van der Waals surface area contributed by atoms with Crippen LogP contribution in [0.4, 0.5) is 0 Å². The predicted molar refractivity (Wildman–Crippen MR) is 43.5 cm³/mol. The molecular formula is C9H15NO2. The maximum atomic E-state index is 5.80. The van der Waals surface area contributed by atoms with E-state index < -0.39 is 0 Å². The normalized spacial score (nSPS) is 47.5. The van der Waals surface area contributed by atoms with Crippen LogP contribution in [0.3, 0.4) is 0 Å². The maximum Gasteiger partial charge on any atom is 0.109 e. The van der Waals surface area contributed by atoms with Gasteiger partial charge in [0, 0.05) is 18.5 Å². The molecule has 0 aliphatic carbocycles. The Morgan fingerprint density at radius 3 is 3.17 bits per heavy atom. The predicted octanol–water partition coefficient (Wildman–Crippen LogP) is 0.801. The van der Waals surface area contributed by atoms with Crippen LogP contribution >= 0.6 is 0 Å². The third kappa shape index (κ3) is 0.934. The van der Waals surface area contributed by atoms with E-state index in [0.717, 1.165) is 19.8 Å². The molecule has 0 unspecified atom stereocenters. The van der Waals surface area contributed by atoms with Crippen molar-refractivity contribution in [2.24, 2.45) is 5.92 Å². The van der Waals surface area contributed by atoms with Gasteiger partial charge in [-0.2, -0.15) is 5.06 Å². The van der Waals surface area contributed by atoms with Crippen LogP contribution in [0, 0.1) is 5.92 Å². The average Bonchev–Trinajstić information content (AvgIpc) is 2.62. The quantitative estimate of drug-likeness (QED) is 0.535. The van der Waals surface area contributed by atoms with Gasteiger partial charge in [0.1, 0.15) is 6.10 Å². The minimum Gasteiger partial charge on any atom is -0.378 e. The zero-order valence-corrected chi connectivity index (χ0v) is 7.24. The van der Waals surface area contributed by atoms with Crippen molar-refractivity contribution in [3.05, 3.63) is 0 Å². The molecular weight excluding hydrogens is 154 g/mol. The summed E-state index contributed by atoms with van der Waals surface area (Å²) >= 11 is 0. The fraction of sp³-hybridized carbons (Fsp3) is 1.00. The Balaban J connectivity index is 1.79. The summed E-state index contributed by atoms with van der Waals surface area (Å²) in [5, 5.41) is 2.21. The number of ether oxygens (including phenoxy) is 1. The summed E-state index contributed by atoms with van der Waals surface area (Å²) in [5.74, 6) is 0.672. The lowest BCUT2D eigenvalue weighted by Gasteiger charge is -2.29. The molecule has 3 aliphatic heterocycles. The SMILES string of the molecule is C1CCN2O[C@@H]3COC[C@@H]3[C@H]2C1. The molecule has 3 heteroatoms. The van der Waals surface area contributed by atoms with Crippen LogP contribution in [0.2, 0.25) is 0 Å². The van der Waals surface area contributed by atoms with Crippen molar-refractivity contribution >= 4 is 0 Å². The number of hydroxylamine groups is 2. The van der Waals surface area contributed by atoms with Gasteiger partial charge in [-0.1, -0.05) is 6.42 Å². The molecule has 0 aromatic rings. The summed E-state index contributed by atoms with van der Waals surface area (Å²) in [5.41, 5.74) is 0. The number of piperidine rings is 1. The number of hydrogen-bond donors (Lipinski definition) is 0. The third-order valence-electron chi connectivity index (χ3n) is 3.33. The van der Waals surface area contributed by atoms with E-state index in [1.807, 2.05) is 0 Å². The Labute approximate surface area is 72.6 Å². The topological polar surface area (TPSA) is 21.7 Å². The molecule has 3 fully saturated rings. The van der Waals surface area contributed by atoms with E-state index in [1.54, 1.807) is 0 Å². The number of fused-ring (bicyclic) bond motifs is 3. The highest BCUT2D eigenvalue weighted by atomic mass is 16.7. The molecule has 0 spiro atoms. The standard InChI is InChI=1S/C9H15NO2/c1-2-4-10-8(3-1)7-5-11-6-9(7)12-10/h7-9H,1-6H2/t7-,8-,9-/m1/s1. The lowest BCUT2D eigenvalue weighted by Crippen LogP contribution is -2.37. The van der Waals surface area contributed by atoms with Crippen molar-refractivity contribution in [2.45, 2.75) is 31.4 Å². The third-order valence-corrected chi connectivity index (χ3v) is 3.33. The van der Waals surface area contributed by atoms with Gasteiger partial charge in [-0.05, 0) is 12.8 Å². The Bertz CT molecular complexity index is 185. The lowest BCUT2D eigenvalue weighted by atomic mass is 9.91. The summed E-state index contributed by atoms with van der Waals surface area (Å²) in [4.78, 5) is 5.80. The van der Waals surface area contributed by atoms with E-state index in [0.29, 0.717) is 18.1 Å². The zero-order chi connectivity index (χ0) is 7.97. The van der Waals surface area contributed by atoms with Gasteiger partial charge in [-0.3, -0.25) is 4.84 Å². The van der Waals surface area contributed by atoms with E-state index in [9.17, 15) is 0 Å². The van der Waals surface area contributed by atoms with Crippen molar-refractivity contribution < 1.29 is 9.57 Å². The molecule has 0 aromatic heterocycles. The maximum absolute atomic E-state index is 5.80. The monoisotopic (exact) mass is 169 g/mol. The van der Waals surface area contributed by atoms with E-state index >= 15 is 0 Å².